The van der Waals surface area contributed by atoms with Gasteiger partial charge in [-0.2, -0.15) is 0 Å². The number of aromatic amines is 1. The minimum atomic E-state index is -1.01. The molecular weight excluding hydrogens is 244 g/mol. The van der Waals surface area contributed by atoms with Gasteiger partial charge in [-0.05, 0) is 18.6 Å². The molecule has 0 radical (unpaired) electrons. The Kier molecular flexibility index (Phi) is 3.55. The molecule has 19 heavy (non-hydrogen) atoms. The summed E-state index contributed by atoms with van der Waals surface area (Å²) in [5, 5.41) is 9.70. The van der Waals surface area contributed by atoms with Crippen molar-refractivity contribution in [2.45, 2.75) is 13.3 Å². The fourth-order valence-corrected chi connectivity index (χ4v) is 2.14. The van der Waals surface area contributed by atoms with Crippen molar-refractivity contribution in [2.75, 3.05) is 13.6 Å². The molecule has 0 aliphatic heterocycles. The zero-order chi connectivity index (χ0) is 14.0. The van der Waals surface area contributed by atoms with Gasteiger partial charge in [0.2, 0.25) is 5.91 Å². The van der Waals surface area contributed by atoms with Crippen LogP contribution < -0.4 is 0 Å². The van der Waals surface area contributed by atoms with Crippen molar-refractivity contribution in [3.63, 3.8) is 0 Å². The molecule has 0 aliphatic rings. The van der Waals surface area contributed by atoms with Gasteiger partial charge in [0, 0.05) is 23.6 Å². The van der Waals surface area contributed by atoms with Crippen LogP contribution in [0.3, 0.4) is 0 Å². The van der Waals surface area contributed by atoms with E-state index in [0.717, 1.165) is 22.2 Å². The SMILES string of the molecule is Cc1[nH]c2ccccc2c1CC(=O)N(C)CC(=O)O. The van der Waals surface area contributed by atoms with Crippen LogP contribution in [-0.2, 0) is 16.0 Å². The summed E-state index contributed by atoms with van der Waals surface area (Å²) in [5.74, 6) is -1.21. The van der Waals surface area contributed by atoms with Gasteiger partial charge in [-0.1, -0.05) is 18.2 Å². The zero-order valence-corrected chi connectivity index (χ0v) is 10.9. The number of H-pyrrole nitrogens is 1. The molecule has 0 saturated carbocycles. The first-order valence-corrected chi connectivity index (χ1v) is 6.01. The largest absolute Gasteiger partial charge is 0.480 e. The fraction of sp³-hybridized carbons (Fsp3) is 0.286. The van der Waals surface area contributed by atoms with Gasteiger partial charge in [-0.15, -0.1) is 0 Å². The Morgan fingerprint density at radius 1 is 1.32 bits per heavy atom. The number of carboxylic acids is 1. The molecule has 0 aliphatic carbocycles. The van der Waals surface area contributed by atoms with E-state index in [-0.39, 0.29) is 18.9 Å². The summed E-state index contributed by atoms with van der Waals surface area (Å²) in [4.78, 5) is 27.0. The highest BCUT2D eigenvalue weighted by Gasteiger charge is 2.16. The Morgan fingerprint density at radius 2 is 2.00 bits per heavy atom. The Balaban J connectivity index is 2.24. The van der Waals surface area contributed by atoms with Gasteiger partial charge in [0.05, 0.1) is 6.42 Å². The first kappa shape index (κ1) is 13.1. The second-order valence-corrected chi connectivity index (χ2v) is 4.59. The van der Waals surface area contributed by atoms with Crippen LogP contribution in [0.15, 0.2) is 24.3 Å². The number of fused-ring (bicyclic) bond motifs is 1. The second kappa shape index (κ2) is 5.14. The van der Waals surface area contributed by atoms with E-state index < -0.39 is 5.97 Å². The third-order valence-electron chi connectivity index (χ3n) is 3.15. The number of carbonyl (C=O) groups is 2. The maximum absolute atomic E-state index is 12.0. The summed E-state index contributed by atoms with van der Waals surface area (Å²) in [6, 6.07) is 7.76. The van der Waals surface area contributed by atoms with Crippen molar-refractivity contribution in [1.29, 1.82) is 0 Å². The van der Waals surface area contributed by atoms with Crippen LogP contribution in [0.2, 0.25) is 0 Å². The Hall–Kier alpha value is -2.30. The van der Waals surface area contributed by atoms with E-state index in [0.29, 0.717) is 0 Å². The number of aliphatic carboxylic acids is 1. The number of hydrogen-bond acceptors (Lipinski definition) is 2. The highest BCUT2D eigenvalue weighted by Crippen LogP contribution is 2.22. The molecular formula is C14H16N2O3. The van der Waals surface area contributed by atoms with Gasteiger partial charge in [0.1, 0.15) is 6.54 Å². The molecule has 5 nitrogen and oxygen atoms in total. The third kappa shape index (κ3) is 2.76. The maximum Gasteiger partial charge on any atom is 0.323 e. The standard InChI is InChI=1S/C14H16N2O3/c1-9-11(7-13(17)16(2)8-14(18)19)10-5-3-4-6-12(10)15-9/h3-6,15H,7-8H2,1-2H3,(H,18,19). The van der Waals surface area contributed by atoms with Crippen molar-refractivity contribution in [3.8, 4) is 0 Å². The molecule has 2 N–H and O–H groups in total. The van der Waals surface area contributed by atoms with E-state index in [4.69, 9.17) is 5.11 Å². The quantitative estimate of drug-likeness (QED) is 0.876. The van der Waals surface area contributed by atoms with Crippen molar-refractivity contribution in [1.82, 2.24) is 9.88 Å². The minimum Gasteiger partial charge on any atom is -0.480 e. The molecule has 0 unspecified atom stereocenters. The van der Waals surface area contributed by atoms with E-state index in [2.05, 4.69) is 4.98 Å². The maximum atomic E-state index is 12.0. The number of amides is 1. The van der Waals surface area contributed by atoms with E-state index in [1.165, 1.54) is 11.9 Å². The number of aryl methyl sites for hydroxylation is 1. The predicted molar refractivity (Wildman–Crippen MR) is 72.0 cm³/mol. The monoisotopic (exact) mass is 260 g/mol. The van der Waals surface area contributed by atoms with Gasteiger partial charge in [-0.3, -0.25) is 9.59 Å². The van der Waals surface area contributed by atoms with Crippen LogP contribution >= 0.6 is 0 Å². The van der Waals surface area contributed by atoms with Crippen molar-refractivity contribution in [3.05, 3.63) is 35.5 Å². The summed E-state index contributed by atoms with van der Waals surface area (Å²) in [7, 11) is 1.50. The smallest absolute Gasteiger partial charge is 0.323 e. The lowest BCUT2D eigenvalue weighted by Gasteiger charge is -2.14. The first-order chi connectivity index (χ1) is 8.99. The molecule has 0 spiro atoms. The summed E-state index contributed by atoms with van der Waals surface area (Å²) < 4.78 is 0. The predicted octanol–water partition coefficient (Wildman–Crippen LogP) is 1.56. The van der Waals surface area contributed by atoms with Crippen LogP contribution in [-0.4, -0.2) is 40.5 Å². The number of aromatic nitrogens is 1. The lowest BCUT2D eigenvalue weighted by Crippen LogP contribution is -2.33. The van der Waals surface area contributed by atoms with Gasteiger partial charge in [0.15, 0.2) is 0 Å². The molecule has 100 valence electrons. The summed E-state index contributed by atoms with van der Waals surface area (Å²) in [6.07, 6.45) is 0.208. The summed E-state index contributed by atoms with van der Waals surface area (Å²) in [6.45, 7) is 1.64. The lowest BCUT2D eigenvalue weighted by molar-refractivity contribution is -0.143. The molecule has 0 fully saturated rings. The number of likely N-dealkylation sites (N-methyl/N-ethyl adjacent to an activating group) is 1. The number of benzene rings is 1. The molecule has 1 amide bonds. The molecule has 0 bridgehead atoms. The Labute approximate surface area is 110 Å². The van der Waals surface area contributed by atoms with Crippen LogP contribution in [0, 0.1) is 6.92 Å². The van der Waals surface area contributed by atoms with Gasteiger partial charge in [0.25, 0.3) is 0 Å². The lowest BCUT2D eigenvalue weighted by atomic mass is 10.1. The van der Waals surface area contributed by atoms with Gasteiger partial charge < -0.3 is 15.0 Å². The van der Waals surface area contributed by atoms with Crippen molar-refractivity contribution >= 4 is 22.8 Å². The topological polar surface area (TPSA) is 73.4 Å². The number of rotatable bonds is 4. The van der Waals surface area contributed by atoms with Crippen molar-refractivity contribution in [2.24, 2.45) is 0 Å². The molecule has 0 saturated heterocycles. The van der Waals surface area contributed by atoms with E-state index in [1.54, 1.807) is 0 Å². The Morgan fingerprint density at radius 3 is 2.68 bits per heavy atom. The average Bonchev–Trinajstić information content (AvgIpc) is 2.65. The third-order valence-corrected chi connectivity index (χ3v) is 3.15. The number of carbonyl (C=O) groups excluding carboxylic acids is 1. The van der Waals surface area contributed by atoms with Gasteiger partial charge in [-0.25, -0.2) is 0 Å². The number of para-hydroxylation sites is 1. The molecule has 0 atom stereocenters. The number of nitrogens with one attached hydrogen (secondary N) is 1. The number of nitrogens with zero attached hydrogens (tertiary/aromatic N) is 1. The van der Waals surface area contributed by atoms with Crippen LogP contribution in [0.1, 0.15) is 11.3 Å². The van der Waals surface area contributed by atoms with Crippen molar-refractivity contribution < 1.29 is 14.7 Å². The Bertz CT molecular complexity index is 631. The minimum absolute atomic E-state index is 0.199. The molecule has 5 heteroatoms. The highest BCUT2D eigenvalue weighted by atomic mass is 16.4. The highest BCUT2D eigenvalue weighted by molar-refractivity contribution is 5.90. The van der Waals surface area contributed by atoms with Crippen LogP contribution in [0.4, 0.5) is 0 Å². The molecule has 1 aromatic carbocycles. The first-order valence-electron chi connectivity index (χ1n) is 6.01. The molecule has 1 aromatic heterocycles. The van der Waals surface area contributed by atoms with Crippen LogP contribution in [0.5, 0.6) is 0 Å². The van der Waals surface area contributed by atoms with E-state index in [1.807, 2.05) is 31.2 Å². The fourth-order valence-electron chi connectivity index (χ4n) is 2.14. The normalized spacial score (nSPS) is 10.6. The molecule has 2 aromatic rings. The second-order valence-electron chi connectivity index (χ2n) is 4.59. The van der Waals surface area contributed by atoms with E-state index >= 15 is 0 Å². The van der Waals surface area contributed by atoms with E-state index in [9.17, 15) is 9.59 Å². The summed E-state index contributed by atoms with van der Waals surface area (Å²) in [5.41, 5.74) is 2.86. The summed E-state index contributed by atoms with van der Waals surface area (Å²) >= 11 is 0. The molecule has 1 heterocycles. The average molecular weight is 260 g/mol. The number of hydrogen-bond donors (Lipinski definition) is 2. The number of carboxylic acid groups (broad SMARTS) is 1. The molecule has 2 rings (SSSR count). The zero-order valence-electron chi connectivity index (χ0n) is 10.9. The van der Waals surface area contributed by atoms with Gasteiger partial charge >= 0.3 is 5.97 Å². The van der Waals surface area contributed by atoms with Crippen LogP contribution in [0.25, 0.3) is 10.9 Å².